The molecule has 132 valence electrons. The maximum Gasteiger partial charge on any atom is 0.236 e. The molecule has 1 saturated heterocycles. The maximum atomic E-state index is 13.5. The van der Waals surface area contributed by atoms with Crippen molar-refractivity contribution in [1.29, 1.82) is 0 Å². The fourth-order valence-electron chi connectivity index (χ4n) is 2.55. The van der Waals surface area contributed by atoms with Crippen LogP contribution in [-0.4, -0.2) is 67.9 Å². The van der Waals surface area contributed by atoms with Crippen LogP contribution in [0.4, 0.5) is 4.39 Å². The first-order chi connectivity index (χ1) is 11.5. The van der Waals surface area contributed by atoms with Gasteiger partial charge in [-0.2, -0.15) is 0 Å². The minimum absolute atomic E-state index is 0.0346. The molecule has 1 fully saturated rings. The van der Waals surface area contributed by atoms with Gasteiger partial charge in [0.25, 0.3) is 0 Å². The normalized spacial score (nSPS) is 14.8. The number of likely N-dealkylation sites (N-methyl/N-ethyl adjacent to an activating group) is 1. The Hall–Kier alpha value is -1.99. The van der Waals surface area contributed by atoms with E-state index in [-0.39, 0.29) is 37.3 Å². The van der Waals surface area contributed by atoms with Gasteiger partial charge in [0.05, 0.1) is 13.1 Å². The number of nitrogens with one attached hydrogen (secondary N) is 2. The third-order valence-electron chi connectivity index (χ3n) is 4.01. The molecule has 1 heterocycles. The van der Waals surface area contributed by atoms with Gasteiger partial charge < -0.3 is 15.5 Å². The summed E-state index contributed by atoms with van der Waals surface area (Å²) < 4.78 is 13.5. The van der Waals surface area contributed by atoms with E-state index in [9.17, 15) is 14.0 Å². The zero-order valence-corrected chi connectivity index (χ0v) is 14.3. The Labute approximate surface area is 142 Å². The first-order valence-corrected chi connectivity index (χ1v) is 8.14. The molecule has 7 heteroatoms. The molecule has 0 atom stereocenters. The third kappa shape index (κ3) is 5.58. The van der Waals surface area contributed by atoms with Crippen molar-refractivity contribution in [1.82, 2.24) is 20.4 Å². The number of aryl methyl sites for hydroxylation is 1. The summed E-state index contributed by atoms with van der Waals surface area (Å²) in [5.74, 6) is -0.431. The minimum Gasteiger partial charge on any atom is -0.351 e. The van der Waals surface area contributed by atoms with E-state index in [0.29, 0.717) is 24.2 Å². The molecule has 0 aromatic heterocycles. The van der Waals surface area contributed by atoms with Crippen LogP contribution in [0.5, 0.6) is 0 Å². The van der Waals surface area contributed by atoms with E-state index in [1.807, 2.05) is 0 Å². The van der Waals surface area contributed by atoms with Crippen molar-refractivity contribution in [3.8, 4) is 0 Å². The first-order valence-electron chi connectivity index (χ1n) is 8.14. The Morgan fingerprint density at radius 3 is 2.67 bits per heavy atom. The van der Waals surface area contributed by atoms with Crippen LogP contribution in [-0.2, 0) is 16.1 Å². The Balaban J connectivity index is 1.72. The van der Waals surface area contributed by atoms with Gasteiger partial charge >= 0.3 is 0 Å². The number of hydrogen-bond donors (Lipinski definition) is 2. The number of benzene rings is 1. The van der Waals surface area contributed by atoms with Crippen LogP contribution >= 0.6 is 0 Å². The molecule has 0 radical (unpaired) electrons. The lowest BCUT2D eigenvalue weighted by atomic mass is 10.1. The largest absolute Gasteiger partial charge is 0.351 e. The second kappa shape index (κ2) is 8.75. The molecule has 1 aromatic rings. The summed E-state index contributed by atoms with van der Waals surface area (Å²) in [5.41, 5.74) is 1.29. The molecule has 24 heavy (non-hydrogen) atoms. The first kappa shape index (κ1) is 18.4. The topological polar surface area (TPSA) is 64.7 Å². The standard InChI is InChI=1S/C17H25FN4O2/c1-13-3-4-14(9-15(13)18)10-20-16(23)11-21(2)12-17(24)22-7-5-19-6-8-22/h3-4,9,19H,5-8,10-12H2,1-2H3,(H,20,23). The number of rotatable bonds is 6. The molecule has 2 N–H and O–H groups in total. The number of amides is 2. The van der Waals surface area contributed by atoms with Crippen LogP contribution in [0.15, 0.2) is 18.2 Å². The molecule has 0 unspecified atom stereocenters. The second-order valence-electron chi connectivity index (χ2n) is 6.16. The van der Waals surface area contributed by atoms with Crippen LogP contribution in [0.1, 0.15) is 11.1 Å². The molecular weight excluding hydrogens is 311 g/mol. The summed E-state index contributed by atoms with van der Waals surface area (Å²) in [4.78, 5) is 27.6. The Morgan fingerprint density at radius 2 is 2.00 bits per heavy atom. The van der Waals surface area contributed by atoms with Crippen molar-refractivity contribution >= 4 is 11.8 Å². The van der Waals surface area contributed by atoms with Gasteiger partial charge in [-0.1, -0.05) is 12.1 Å². The molecule has 0 saturated carbocycles. The predicted molar refractivity (Wildman–Crippen MR) is 89.9 cm³/mol. The lowest BCUT2D eigenvalue weighted by molar-refractivity contribution is -0.133. The highest BCUT2D eigenvalue weighted by molar-refractivity contribution is 5.81. The molecule has 1 aliphatic heterocycles. The molecule has 6 nitrogen and oxygen atoms in total. The fraction of sp³-hybridized carbons (Fsp3) is 0.529. The van der Waals surface area contributed by atoms with Gasteiger partial charge in [0.2, 0.25) is 11.8 Å². The van der Waals surface area contributed by atoms with Crippen molar-refractivity contribution in [3.05, 3.63) is 35.1 Å². The van der Waals surface area contributed by atoms with E-state index in [2.05, 4.69) is 10.6 Å². The highest BCUT2D eigenvalue weighted by Gasteiger charge is 2.18. The number of piperazine rings is 1. The molecule has 0 spiro atoms. The average molecular weight is 336 g/mol. The summed E-state index contributed by atoms with van der Waals surface area (Å²) in [6, 6.07) is 4.90. The van der Waals surface area contributed by atoms with Crippen molar-refractivity contribution < 1.29 is 14.0 Å². The molecule has 0 bridgehead atoms. The summed E-state index contributed by atoms with van der Waals surface area (Å²) in [6.07, 6.45) is 0. The molecular formula is C17H25FN4O2. The fourth-order valence-corrected chi connectivity index (χ4v) is 2.55. The van der Waals surface area contributed by atoms with E-state index in [1.54, 1.807) is 35.9 Å². The van der Waals surface area contributed by atoms with Gasteiger partial charge in [-0.25, -0.2) is 4.39 Å². The lowest BCUT2D eigenvalue weighted by Crippen LogP contribution is -2.50. The van der Waals surface area contributed by atoms with Gasteiger partial charge in [0.15, 0.2) is 0 Å². The summed E-state index contributed by atoms with van der Waals surface area (Å²) in [7, 11) is 1.74. The third-order valence-corrected chi connectivity index (χ3v) is 4.01. The van der Waals surface area contributed by atoms with Crippen LogP contribution in [0.25, 0.3) is 0 Å². The number of nitrogens with zero attached hydrogens (tertiary/aromatic N) is 2. The summed E-state index contributed by atoms with van der Waals surface area (Å²) in [6.45, 7) is 5.35. The van der Waals surface area contributed by atoms with Gasteiger partial charge in [-0.3, -0.25) is 14.5 Å². The van der Waals surface area contributed by atoms with E-state index in [1.165, 1.54) is 6.07 Å². The number of halogens is 1. The van der Waals surface area contributed by atoms with Crippen molar-refractivity contribution in [2.24, 2.45) is 0 Å². The minimum atomic E-state index is -0.277. The van der Waals surface area contributed by atoms with Crippen molar-refractivity contribution in [2.75, 3.05) is 46.3 Å². The molecule has 0 aliphatic carbocycles. The molecule has 1 aromatic carbocycles. The highest BCUT2D eigenvalue weighted by atomic mass is 19.1. The number of carbonyl (C=O) groups is 2. The second-order valence-corrected chi connectivity index (χ2v) is 6.16. The van der Waals surface area contributed by atoms with E-state index < -0.39 is 0 Å². The Morgan fingerprint density at radius 1 is 1.29 bits per heavy atom. The maximum absolute atomic E-state index is 13.5. The zero-order chi connectivity index (χ0) is 17.5. The molecule has 1 aliphatic rings. The van der Waals surface area contributed by atoms with E-state index in [4.69, 9.17) is 0 Å². The van der Waals surface area contributed by atoms with Crippen LogP contribution in [0.3, 0.4) is 0 Å². The van der Waals surface area contributed by atoms with E-state index in [0.717, 1.165) is 13.1 Å². The highest BCUT2D eigenvalue weighted by Crippen LogP contribution is 2.08. The number of carbonyl (C=O) groups excluding carboxylic acids is 2. The van der Waals surface area contributed by atoms with Crippen molar-refractivity contribution in [3.63, 3.8) is 0 Å². The molecule has 2 amide bonds. The predicted octanol–water partition coefficient (Wildman–Crippen LogP) is 0.114. The summed E-state index contributed by atoms with van der Waals surface area (Å²) >= 11 is 0. The van der Waals surface area contributed by atoms with Gasteiger partial charge in [-0.05, 0) is 31.2 Å². The van der Waals surface area contributed by atoms with Gasteiger partial charge in [0, 0.05) is 32.7 Å². The van der Waals surface area contributed by atoms with Gasteiger partial charge in [-0.15, -0.1) is 0 Å². The van der Waals surface area contributed by atoms with Crippen LogP contribution < -0.4 is 10.6 Å². The molecule has 2 rings (SSSR count). The number of hydrogen-bond acceptors (Lipinski definition) is 4. The van der Waals surface area contributed by atoms with Crippen molar-refractivity contribution in [2.45, 2.75) is 13.5 Å². The smallest absolute Gasteiger partial charge is 0.236 e. The van der Waals surface area contributed by atoms with Crippen LogP contribution in [0, 0.1) is 12.7 Å². The lowest BCUT2D eigenvalue weighted by Gasteiger charge is -2.29. The SMILES string of the molecule is Cc1ccc(CNC(=O)CN(C)CC(=O)N2CCNCC2)cc1F. The Kier molecular flexibility index (Phi) is 6.69. The Bertz CT molecular complexity index is 588. The zero-order valence-electron chi connectivity index (χ0n) is 14.3. The summed E-state index contributed by atoms with van der Waals surface area (Å²) in [5, 5.41) is 5.94. The monoisotopic (exact) mass is 336 g/mol. The van der Waals surface area contributed by atoms with E-state index >= 15 is 0 Å². The quantitative estimate of drug-likeness (QED) is 0.774. The average Bonchev–Trinajstić information content (AvgIpc) is 2.56. The van der Waals surface area contributed by atoms with Crippen LogP contribution in [0.2, 0.25) is 0 Å². The van der Waals surface area contributed by atoms with Gasteiger partial charge in [0.1, 0.15) is 5.82 Å².